The fourth-order valence-electron chi connectivity index (χ4n) is 2.19. The highest BCUT2D eigenvalue weighted by Gasteiger charge is 2.13. The van der Waals surface area contributed by atoms with Crippen molar-refractivity contribution in [1.29, 1.82) is 0 Å². The van der Waals surface area contributed by atoms with E-state index in [0.29, 0.717) is 5.13 Å². The number of nitrogens with zero attached hydrogens (tertiary/aromatic N) is 1. The lowest BCUT2D eigenvalue weighted by molar-refractivity contribution is 0.102. The first kappa shape index (κ1) is 15.7. The zero-order valence-electron chi connectivity index (χ0n) is 12.7. The molecule has 1 aromatic carbocycles. The van der Waals surface area contributed by atoms with Gasteiger partial charge in [-0.2, -0.15) is 0 Å². The molecule has 0 fully saturated rings. The topological polar surface area (TPSA) is 54.0 Å². The molecule has 1 amide bonds. The molecule has 0 saturated carbocycles. The minimum atomic E-state index is -0.0851. The number of benzene rings is 1. The molecule has 0 atom stereocenters. The Hall–Kier alpha value is -1.72. The van der Waals surface area contributed by atoms with Gasteiger partial charge in [0.1, 0.15) is 0 Å². The van der Waals surface area contributed by atoms with Crippen molar-refractivity contribution >= 4 is 22.4 Å². The highest BCUT2D eigenvalue weighted by molar-refractivity contribution is 7.15. The third-order valence-electron chi connectivity index (χ3n) is 3.35. The molecule has 1 aromatic heterocycles. The largest absolute Gasteiger partial charge is 0.319 e. The number of carbonyl (C=O) groups excluding carboxylic acids is 1. The van der Waals surface area contributed by atoms with Crippen molar-refractivity contribution in [3.05, 3.63) is 46.0 Å². The van der Waals surface area contributed by atoms with Gasteiger partial charge in [-0.25, -0.2) is 4.98 Å². The number of likely N-dealkylation sites (N-methyl/N-ethyl adjacent to an activating group) is 1. The summed E-state index contributed by atoms with van der Waals surface area (Å²) in [5.74, 6) is -0.0851. The third kappa shape index (κ3) is 3.89. The molecule has 2 aromatic rings. The smallest absolute Gasteiger partial charge is 0.257 e. The Morgan fingerprint density at radius 3 is 2.76 bits per heavy atom. The number of aryl methyl sites for hydroxylation is 2. The number of anilines is 1. The summed E-state index contributed by atoms with van der Waals surface area (Å²) in [4.78, 5) is 18.1. The van der Waals surface area contributed by atoms with Crippen LogP contribution >= 0.6 is 11.3 Å². The maximum Gasteiger partial charge on any atom is 0.257 e. The van der Waals surface area contributed by atoms with E-state index in [9.17, 15) is 4.79 Å². The third-order valence-corrected chi connectivity index (χ3v) is 4.28. The van der Waals surface area contributed by atoms with Crippen LogP contribution in [0.25, 0.3) is 0 Å². The van der Waals surface area contributed by atoms with Crippen molar-refractivity contribution in [2.24, 2.45) is 0 Å². The maximum absolute atomic E-state index is 12.4. The molecular formula is C16H21N3OS. The average molecular weight is 303 g/mol. The van der Waals surface area contributed by atoms with E-state index in [4.69, 9.17) is 0 Å². The van der Waals surface area contributed by atoms with Crippen LogP contribution in [-0.4, -0.2) is 24.5 Å². The van der Waals surface area contributed by atoms with Gasteiger partial charge in [-0.15, -0.1) is 11.3 Å². The van der Waals surface area contributed by atoms with Crippen LogP contribution in [0.2, 0.25) is 0 Å². The molecule has 5 heteroatoms. The van der Waals surface area contributed by atoms with Crippen molar-refractivity contribution in [3.8, 4) is 0 Å². The van der Waals surface area contributed by atoms with Gasteiger partial charge in [0.15, 0.2) is 5.13 Å². The predicted molar refractivity (Wildman–Crippen MR) is 88.3 cm³/mol. The van der Waals surface area contributed by atoms with Gasteiger partial charge in [0.2, 0.25) is 0 Å². The summed E-state index contributed by atoms with van der Waals surface area (Å²) in [5.41, 5.74) is 2.82. The van der Waals surface area contributed by atoms with Gasteiger partial charge in [0, 0.05) is 10.4 Å². The number of aromatic nitrogens is 1. The van der Waals surface area contributed by atoms with E-state index in [2.05, 4.69) is 22.5 Å². The maximum atomic E-state index is 12.4. The van der Waals surface area contributed by atoms with E-state index in [1.54, 1.807) is 0 Å². The van der Waals surface area contributed by atoms with Crippen molar-refractivity contribution < 1.29 is 4.79 Å². The Morgan fingerprint density at radius 1 is 1.33 bits per heavy atom. The second-order valence-electron chi connectivity index (χ2n) is 4.84. The van der Waals surface area contributed by atoms with Gasteiger partial charge in [-0.3, -0.25) is 10.1 Å². The quantitative estimate of drug-likeness (QED) is 0.862. The molecule has 4 nitrogen and oxygen atoms in total. The molecule has 0 aliphatic carbocycles. The predicted octanol–water partition coefficient (Wildman–Crippen LogP) is 3.03. The fourth-order valence-corrected chi connectivity index (χ4v) is 3.09. The standard InChI is InChI=1S/C16H21N3OS/c1-4-14-11(2)21-16(18-14)19-15(20)13-8-6-5-7-12(13)9-10-17-3/h5-8,17H,4,9-10H2,1-3H3,(H,18,19,20). The summed E-state index contributed by atoms with van der Waals surface area (Å²) >= 11 is 1.53. The lowest BCUT2D eigenvalue weighted by Gasteiger charge is -2.08. The molecule has 0 aliphatic rings. The summed E-state index contributed by atoms with van der Waals surface area (Å²) in [6.07, 6.45) is 1.72. The van der Waals surface area contributed by atoms with E-state index < -0.39 is 0 Å². The molecule has 0 bridgehead atoms. The fraction of sp³-hybridized carbons (Fsp3) is 0.375. The molecule has 0 unspecified atom stereocenters. The Labute approximate surface area is 129 Å². The molecule has 112 valence electrons. The number of hydrogen-bond acceptors (Lipinski definition) is 4. The Morgan fingerprint density at radius 2 is 2.10 bits per heavy atom. The zero-order valence-corrected chi connectivity index (χ0v) is 13.5. The number of carbonyl (C=O) groups is 1. The zero-order chi connectivity index (χ0) is 15.2. The van der Waals surface area contributed by atoms with Crippen LogP contribution in [0.4, 0.5) is 5.13 Å². The lowest BCUT2D eigenvalue weighted by Crippen LogP contribution is -2.17. The van der Waals surface area contributed by atoms with Crippen LogP contribution < -0.4 is 10.6 Å². The molecule has 2 N–H and O–H groups in total. The van der Waals surface area contributed by atoms with E-state index in [0.717, 1.165) is 41.1 Å². The Kier molecular flexibility index (Phi) is 5.47. The van der Waals surface area contributed by atoms with Crippen LogP contribution in [0.3, 0.4) is 0 Å². The molecule has 21 heavy (non-hydrogen) atoms. The molecule has 0 spiro atoms. The number of rotatable bonds is 6. The molecule has 2 rings (SSSR count). The van der Waals surface area contributed by atoms with Crippen molar-refractivity contribution in [2.45, 2.75) is 26.7 Å². The molecule has 0 aliphatic heterocycles. The normalized spacial score (nSPS) is 10.6. The average Bonchev–Trinajstić information content (AvgIpc) is 2.85. The minimum Gasteiger partial charge on any atom is -0.319 e. The SMILES string of the molecule is CCc1nc(NC(=O)c2ccccc2CCNC)sc1C. The number of nitrogens with one attached hydrogen (secondary N) is 2. The Balaban J connectivity index is 2.16. The molecular weight excluding hydrogens is 282 g/mol. The van der Waals surface area contributed by atoms with E-state index >= 15 is 0 Å². The van der Waals surface area contributed by atoms with Gasteiger partial charge in [0.25, 0.3) is 5.91 Å². The first-order chi connectivity index (χ1) is 10.2. The van der Waals surface area contributed by atoms with Gasteiger partial charge in [-0.05, 0) is 45.0 Å². The summed E-state index contributed by atoms with van der Waals surface area (Å²) in [6.45, 7) is 4.95. The van der Waals surface area contributed by atoms with Crippen LogP contribution in [0, 0.1) is 6.92 Å². The lowest BCUT2D eigenvalue weighted by atomic mass is 10.0. The highest BCUT2D eigenvalue weighted by Crippen LogP contribution is 2.23. The van der Waals surface area contributed by atoms with Crippen molar-refractivity contribution in [2.75, 3.05) is 18.9 Å². The molecule has 0 radical (unpaired) electrons. The summed E-state index contributed by atoms with van der Waals surface area (Å²) in [6, 6.07) is 7.71. The van der Waals surface area contributed by atoms with Crippen LogP contribution in [0.1, 0.15) is 33.4 Å². The Bertz CT molecular complexity index is 622. The highest BCUT2D eigenvalue weighted by atomic mass is 32.1. The monoisotopic (exact) mass is 303 g/mol. The first-order valence-corrected chi connectivity index (χ1v) is 7.97. The van der Waals surface area contributed by atoms with Gasteiger partial charge in [-0.1, -0.05) is 25.1 Å². The second kappa shape index (κ2) is 7.33. The first-order valence-electron chi connectivity index (χ1n) is 7.15. The summed E-state index contributed by atoms with van der Waals surface area (Å²) in [5, 5.41) is 6.71. The van der Waals surface area contributed by atoms with Crippen LogP contribution in [0.5, 0.6) is 0 Å². The van der Waals surface area contributed by atoms with Gasteiger partial charge in [0.05, 0.1) is 5.69 Å². The second-order valence-corrected chi connectivity index (χ2v) is 6.04. The molecule has 0 saturated heterocycles. The van der Waals surface area contributed by atoms with Crippen molar-refractivity contribution in [1.82, 2.24) is 10.3 Å². The van der Waals surface area contributed by atoms with Crippen molar-refractivity contribution in [3.63, 3.8) is 0 Å². The number of hydrogen-bond donors (Lipinski definition) is 2. The van der Waals surface area contributed by atoms with E-state index in [1.807, 2.05) is 38.2 Å². The van der Waals surface area contributed by atoms with Crippen LogP contribution in [0.15, 0.2) is 24.3 Å². The van der Waals surface area contributed by atoms with Crippen LogP contribution in [-0.2, 0) is 12.8 Å². The van der Waals surface area contributed by atoms with Gasteiger partial charge < -0.3 is 5.32 Å². The number of thiazole rings is 1. The van der Waals surface area contributed by atoms with E-state index in [-0.39, 0.29) is 5.91 Å². The minimum absolute atomic E-state index is 0.0851. The molecule has 1 heterocycles. The summed E-state index contributed by atoms with van der Waals surface area (Å²) in [7, 11) is 1.91. The summed E-state index contributed by atoms with van der Waals surface area (Å²) < 4.78 is 0. The van der Waals surface area contributed by atoms with Gasteiger partial charge >= 0.3 is 0 Å². The van der Waals surface area contributed by atoms with E-state index in [1.165, 1.54) is 11.3 Å². The number of amides is 1.